The summed E-state index contributed by atoms with van der Waals surface area (Å²) in [5, 5.41) is 0. The molecule has 0 rings (SSSR count). The molecule has 0 unspecified atom stereocenters. The van der Waals surface area contributed by atoms with Gasteiger partial charge >= 0.3 is 6.16 Å². The Morgan fingerprint density at radius 3 is 1.64 bits per heavy atom. The highest BCUT2D eigenvalue weighted by Crippen LogP contribution is 2.48. The Morgan fingerprint density at radius 1 is 1.18 bits per heavy atom. The second-order valence-electron chi connectivity index (χ2n) is 2.54. The van der Waals surface area contributed by atoms with E-state index in [-0.39, 0.29) is 0 Å². The summed E-state index contributed by atoms with van der Waals surface area (Å²) in [5.41, 5.74) is 0. The van der Waals surface area contributed by atoms with Crippen LogP contribution in [0, 0.1) is 0 Å². The van der Waals surface area contributed by atoms with Crippen LogP contribution in [0.15, 0.2) is 4.41 Å². The molecule has 0 spiro atoms. The lowest BCUT2D eigenvalue weighted by atomic mass is 11.0. The van der Waals surface area contributed by atoms with Gasteiger partial charge in [-0.15, -0.1) is 33.2 Å². The molecule has 0 aliphatic rings. The van der Waals surface area contributed by atoms with E-state index in [1.807, 2.05) is 0 Å². The summed E-state index contributed by atoms with van der Waals surface area (Å²) < 4.78 is 4.32. The largest absolute Gasteiger partial charge is 0.471 e. The molecule has 0 aromatic heterocycles. The van der Waals surface area contributed by atoms with Crippen molar-refractivity contribution in [3.63, 3.8) is 0 Å². The molecule has 0 aromatic rings. The first-order valence-electron chi connectivity index (χ1n) is 3.48. The van der Waals surface area contributed by atoms with Gasteiger partial charge in [0, 0.05) is 0 Å². The predicted octanol–water partition coefficient (Wildman–Crippen LogP) is 4.01. The van der Waals surface area contributed by atoms with Crippen LogP contribution in [0.1, 0.15) is 13.8 Å². The normalized spacial score (nSPS) is 13.3. The molecule has 0 aliphatic heterocycles. The molecule has 0 fully saturated rings. The molecule has 0 atom stereocenters. The zero-order valence-corrected chi connectivity index (χ0v) is 11.1. The fourth-order valence-electron chi connectivity index (χ4n) is 0.639. The van der Waals surface area contributed by atoms with Gasteiger partial charge in [-0.05, 0) is 26.0 Å². The minimum absolute atomic E-state index is 1.03. The Hall–Kier alpha value is 1.32. The molecule has 0 N–H and O–H groups in total. The van der Waals surface area contributed by atoms with E-state index < -0.39 is 13.2 Å². The summed E-state index contributed by atoms with van der Waals surface area (Å²) in [5.74, 6) is 0. The van der Waals surface area contributed by atoms with Crippen molar-refractivity contribution in [3.8, 4) is 0 Å². The highest BCUT2D eigenvalue weighted by atomic mass is 35.8. The molecule has 68 valence electrons. The van der Waals surface area contributed by atoms with Gasteiger partial charge in [0.1, 0.15) is 0 Å². The van der Waals surface area contributed by atoms with E-state index in [0.29, 0.717) is 0 Å². The average molecular weight is 253 g/mol. The minimum Gasteiger partial charge on any atom is -0.293 e. The van der Waals surface area contributed by atoms with Crippen molar-refractivity contribution in [2.24, 2.45) is 4.41 Å². The lowest BCUT2D eigenvalue weighted by Gasteiger charge is -2.17. The second kappa shape index (κ2) is 4.52. The van der Waals surface area contributed by atoms with Gasteiger partial charge < -0.3 is 0 Å². The molecule has 0 radical (unpaired) electrons. The van der Waals surface area contributed by atoms with Gasteiger partial charge in [-0.1, -0.05) is 13.8 Å². The van der Waals surface area contributed by atoms with Gasteiger partial charge in [0.25, 0.3) is 0 Å². The standard InChI is InChI=1S/C5H13Cl3NPSi/c1-4-10(3,5-2)9-11(6,7)8/h4-5H2,1-3H3. The quantitative estimate of drug-likeness (QED) is 0.409. The lowest BCUT2D eigenvalue weighted by Crippen LogP contribution is -2.06. The van der Waals surface area contributed by atoms with Crippen LogP contribution in [-0.2, 0) is 0 Å². The maximum absolute atomic E-state index is 5.71. The van der Waals surface area contributed by atoms with E-state index in [0.717, 1.165) is 12.3 Å². The van der Waals surface area contributed by atoms with Gasteiger partial charge in [0.05, 0.1) is 0 Å². The van der Waals surface area contributed by atoms with Crippen LogP contribution < -0.4 is 0 Å². The molecule has 0 heterocycles. The highest BCUT2D eigenvalue weighted by Gasteiger charge is 2.27. The van der Waals surface area contributed by atoms with Crippen molar-refractivity contribution in [2.45, 2.75) is 13.8 Å². The van der Waals surface area contributed by atoms with Gasteiger partial charge in [0.2, 0.25) is 0 Å². The van der Waals surface area contributed by atoms with E-state index >= 15 is 0 Å². The number of halogens is 3. The van der Waals surface area contributed by atoms with Crippen molar-refractivity contribution in [2.75, 3.05) is 19.0 Å². The molecule has 11 heavy (non-hydrogen) atoms. The van der Waals surface area contributed by atoms with E-state index in [9.17, 15) is 0 Å². The van der Waals surface area contributed by atoms with Crippen molar-refractivity contribution in [1.29, 1.82) is 0 Å². The third kappa shape index (κ3) is 5.54. The van der Waals surface area contributed by atoms with Crippen molar-refractivity contribution in [3.05, 3.63) is 0 Å². The Labute approximate surface area is 83.7 Å². The molecule has 0 saturated heterocycles. The maximum atomic E-state index is 5.71. The third-order valence-corrected chi connectivity index (χ3v) is 9.32. The van der Waals surface area contributed by atoms with Crippen LogP contribution in [0.3, 0.4) is 0 Å². The summed E-state index contributed by atoms with van der Waals surface area (Å²) in [4.78, 5) is 0. The molecule has 0 bridgehead atoms. The first kappa shape index (κ1) is 12.3. The van der Waals surface area contributed by atoms with Gasteiger partial charge in [-0.3, -0.25) is 4.41 Å². The summed E-state index contributed by atoms with van der Waals surface area (Å²) in [6, 6.07) is 0. The van der Waals surface area contributed by atoms with E-state index in [4.69, 9.17) is 33.2 Å². The zero-order valence-electron chi connectivity index (χ0n) is 6.94. The van der Waals surface area contributed by atoms with Crippen molar-refractivity contribution in [1.82, 2.24) is 0 Å². The topological polar surface area (TPSA) is 12.4 Å². The Balaban J connectivity index is 4.61. The molecular weight excluding hydrogens is 239 g/mol. The van der Waals surface area contributed by atoms with Gasteiger partial charge in [0.15, 0.2) is 0 Å². The fraction of sp³-hybridized carbons (Fsp3) is 1.00. The van der Waals surface area contributed by atoms with E-state index in [1.54, 1.807) is 0 Å². The summed E-state index contributed by atoms with van der Waals surface area (Å²) in [6.07, 6.45) is -0.679. The number of nitrogens with zero attached hydrogens (tertiary/aromatic N) is 1. The summed E-state index contributed by atoms with van der Waals surface area (Å²) >= 11 is 17.1. The average Bonchev–Trinajstić information content (AvgIpc) is 1.84. The molecule has 0 aliphatic carbocycles. The third-order valence-electron chi connectivity index (χ3n) is 1.72. The molecule has 6 heteroatoms. The van der Waals surface area contributed by atoms with Gasteiger partial charge in [-0.2, -0.15) is 0 Å². The second-order valence-corrected chi connectivity index (χ2v) is 14.9. The first-order chi connectivity index (χ1) is 4.83. The summed E-state index contributed by atoms with van der Waals surface area (Å²) in [6.45, 7) is 6.33. The van der Waals surface area contributed by atoms with Crippen LogP contribution in [0.2, 0.25) is 0 Å². The van der Waals surface area contributed by atoms with Crippen molar-refractivity contribution >= 4 is 46.5 Å². The van der Waals surface area contributed by atoms with Crippen molar-refractivity contribution < 1.29 is 0 Å². The molecular formula is C5H13Cl3NPSi. The maximum Gasteiger partial charge on any atom is 0.471 e. The lowest BCUT2D eigenvalue weighted by molar-refractivity contribution is 1.38. The van der Waals surface area contributed by atoms with Crippen LogP contribution in [0.4, 0.5) is 0 Å². The van der Waals surface area contributed by atoms with Crippen LogP contribution in [0.25, 0.3) is 0 Å². The Kier molecular flexibility index (Phi) is 5.07. The van der Waals surface area contributed by atoms with Gasteiger partial charge in [-0.25, -0.2) is 0 Å². The Morgan fingerprint density at radius 2 is 1.55 bits per heavy atom. The first-order valence-corrected chi connectivity index (χ1v) is 11.0. The van der Waals surface area contributed by atoms with E-state index in [2.05, 4.69) is 24.9 Å². The molecule has 0 saturated carbocycles. The SMILES string of the molecule is CCP(C)(CC)=N[Si](Cl)(Cl)Cl. The monoisotopic (exact) mass is 251 g/mol. The molecule has 1 nitrogen and oxygen atoms in total. The smallest absolute Gasteiger partial charge is 0.293 e. The zero-order chi connectivity index (χ0) is 9.12. The number of hydrogen-bond donors (Lipinski definition) is 0. The summed E-state index contributed by atoms with van der Waals surface area (Å²) in [7, 11) is -1.26. The highest BCUT2D eigenvalue weighted by molar-refractivity contribution is 7.73. The molecule has 0 aromatic carbocycles. The van der Waals surface area contributed by atoms with Crippen LogP contribution in [0.5, 0.6) is 0 Å². The Bertz CT molecular complexity index is 169. The van der Waals surface area contributed by atoms with E-state index in [1.165, 1.54) is 0 Å². The number of rotatable bonds is 3. The molecule has 0 amide bonds. The fourth-order valence-corrected chi connectivity index (χ4v) is 9.33. The predicted molar refractivity (Wildman–Crippen MR) is 59.7 cm³/mol. The van der Waals surface area contributed by atoms with Crippen LogP contribution >= 0.6 is 40.3 Å². The van der Waals surface area contributed by atoms with Crippen LogP contribution in [-0.4, -0.2) is 25.2 Å². The minimum atomic E-state index is -2.74. The number of hydrogen-bond acceptors (Lipinski definition) is 1.